The van der Waals surface area contributed by atoms with Crippen LogP contribution in [0.4, 0.5) is 0 Å². The number of rotatable bonds is 6. The largest absolute Gasteiger partial charge is 0.456 e. The Labute approximate surface area is 330 Å². The van der Waals surface area contributed by atoms with E-state index >= 15 is 0 Å². The van der Waals surface area contributed by atoms with Gasteiger partial charge in [-0.05, 0) is 84.9 Å². The maximum Gasteiger partial charge on any atom is 0.160 e. The third kappa shape index (κ3) is 5.85. The molecule has 3 heteroatoms. The van der Waals surface area contributed by atoms with Crippen LogP contribution in [0.5, 0.6) is 0 Å². The van der Waals surface area contributed by atoms with E-state index in [1.807, 2.05) is 24.3 Å². The fourth-order valence-electron chi connectivity index (χ4n) is 8.30. The van der Waals surface area contributed by atoms with Crippen molar-refractivity contribution in [2.24, 2.45) is 0 Å². The molecule has 0 saturated heterocycles. The summed E-state index contributed by atoms with van der Waals surface area (Å²) < 4.78 is 6.41. The average molecular weight is 727 g/mol. The highest BCUT2D eigenvalue weighted by molar-refractivity contribution is 6.20. The average Bonchev–Trinajstić information content (AvgIpc) is 3.73. The third-order valence-electron chi connectivity index (χ3n) is 11.1. The second kappa shape index (κ2) is 13.6. The number of aromatic nitrogens is 2. The minimum atomic E-state index is 0.660. The molecular weight excluding hydrogens is 693 g/mol. The van der Waals surface area contributed by atoms with Crippen molar-refractivity contribution in [1.82, 2.24) is 9.97 Å². The molecule has 0 unspecified atom stereocenters. The van der Waals surface area contributed by atoms with Crippen molar-refractivity contribution in [3.8, 4) is 67.5 Å². The number of para-hydroxylation sites is 1. The quantitative estimate of drug-likeness (QED) is 0.126. The molecule has 9 aromatic carbocycles. The van der Waals surface area contributed by atoms with Crippen LogP contribution < -0.4 is 0 Å². The summed E-state index contributed by atoms with van der Waals surface area (Å²) in [6.45, 7) is 0. The molecule has 0 N–H and O–H groups in total. The molecule has 0 amide bonds. The van der Waals surface area contributed by atoms with Crippen LogP contribution in [-0.2, 0) is 0 Å². The summed E-state index contributed by atoms with van der Waals surface area (Å²) in [6, 6.07) is 72.7. The molecule has 0 bridgehead atoms. The fraction of sp³-hybridized carbons (Fsp3) is 0. The molecule has 266 valence electrons. The first-order valence-electron chi connectivity index (χ1n) is 19.3. The van der Waals surface area contributed by atoms with Crippen LogP contribution in [0.2, 0.25) is 0 Å². The first-order valence-corrected chi connectivity index (χ1v) is 19.3. The van der Waals surface area contributed by atoms with Crippen molar-refractivity contribution in [2.75, 3.05) is 0 Å². The summed E-state index contributed by atoms with van der Waals surface area (Å²) in [6.07, 6.45) is 0. The van der Waals surface area contributed by atoms with Gasteiger partial charge in [-0.2, -0.15) is 0 Å². The van der Waals surface area contributed by atoms with Crippen LogP contribution in [0.25, 0.3) is 111 Å². The molecule has 0 fully saturated rings. The van der Waals surface area contributed by atoms with E-state index in [1.54, 1.807) is 0 Å². The first kappa shape index (κ1) is 32.8. The summed E-state index contributed by atoms with van der Waals surface area (Å²) in [7, 11) is 0. The number of furan rings is 1. The van der Waals surface area contributed by atoms with Gasteiger partial charge in [0.25, 0.3) is 0 Å². The number of hydrogen-bond acceptors (Lipinski definition) is 3. The molecule has 11 aromatic rings. The highest BCUT2D eigenvalue weighted by atomic mass is 16.3. The smallest absolute Gasteiger partial charge is 0.160 e. The van der Waals surface area contributed by atoms with E-state index in [0.717, 1.165) is 67.1 Å². The Morgan fingerprint density at radius 1 is 0.316 bits per heavy atom. The van der Waals surface area contributed by atoms with Gasteiger partial charge in [0.2, 0.25) is 0 Å². The molecule has 2 aromatic heterocycles. The van der Waals surface area contributed by atoms with Gasteiger partial charge >= 0.3 is 0 Å². The zero-order valence-corrected chi connectivity index (χ0v) is 30.9. The Bertz CT molecular complexity index is 3260. The topological polar surface area (TPSA) is 38.9 Å². The van der Waals surface area contributed by atoms with E-state index in [2.05, 4.69) is 182 Å². The standard InChI is InChI=1S/C54H34N2O/c1-2-13-35(14-3-1)39-18-12-19-41(31-39)49-34-50(45-22-9-10-23-46(45)52-33-42-17-6-11-24-51(42)57-52)56-54(55-49)38-27-25-37(26-28-38)53-44-21-8-5-16-40(44)32-48-43-20-7-4-15-36(43)29-30-47(48)53/h1-34H. The summed E-state index contributed by atoms with van der Waals surface area (Å²) in [5, 5.41) is 8.52. The molecule has 2 heterocycles. The van der Waals surface area contributed by atoms with Crippen LogP contribution in [0.3, 0.4) is 0 Å². The minimum Gasteiger partial charge on any atom is -0.456 e. The van der Waals surface area contributed by atoms with Crippen molar-refractivity contribution in [3.05, 3.63) is 206 Å². The van der Waals surface area contributed by atoms with Gasteiger partial charge in [-0.25, -0.2) is 9.97 Å². The second-order valence-electron chi connectivity index (χ2n) is 14.5. The first-order chi connectivity index (χ1) is 28.2. The number of hydrogen-bond donors (Lipinski definition) is 0. The van der Waals surface area contributed by atoms with Crippen LogP contribution in [-0.4, -0.2) is 9.97 Å². The van der Waals surface area contributed by atoms with Gasteiger partial charge in [-0.15, -0.1) is 0 Å². The van der Waals surface area contributed by atoms with Crippen molar-refractivity contribution < 1.29 is 4.42 Å². The van der Waals surface area contributed by atoms with Gasteiger partial charge in [0.1, 0.15) is 11.3 Å². The highest BCUT2D eigenvalue weighted by Crippen LogP contribution is 2.41. The lowest BCUT2D eigenvalue weighted by atomic mass is 9.89. The van der Waals surface area contributed by atoms with Gasteiger partial charge in [0.15, 0.2) is 5.82 Å². The lowest BCUT2D eigenvalue weighted by Gasteiger charge is -2.15. The maximum atomic E-state index is 6.41. The fourth-order valence-corrected chi connectivity index (χ4v) is 8.30. The van der Waals surface area contributed by atoms with E-state index in [0.29, 0.717) is 5.82 Å². The van der Waals surface area contributed by atoms with Crippen molar-refractivity contribution in [3.63, 3.8) is 0 Å². The van der Waals surface area contributed by atoms with E-state index in [4.69, 9.17) is 14.4 Å². The summed E-state index contributed by atoms with van der Waals surface area (Å²) >= 11 is 0. The van der Waals surface area contributed by atoms with Gasteiger partial charge in [0.05, 0.1) is 11.4 Å². The Hall–Kier alpha value is -7.62. The van der Waals surface area contributed by atoms with E-state index in [1.165, 1.54) is 37.9 Å². The molecule has 0 aliphatic carbocycles. The van der Waals surface area contributed by atoms with E-state index in [9.17, 15) is 0 Å². The molecule has 11 rings (SSSR count). The van der Waals surface area contributed by atoms with Gasteiger partial charge in [-0.3, -0.25) is 0 Å². The zero-order valence-electron chi connectivity index (χ0n) is 30.9. The summed E-state index contributed by atoms with van der Waals surface area (Å²) in [5.41, 5.74) is 11.1. The maximum absolute atomic E-state index is 6.41. The molecule has 0 atom stereocenters. The number of fused-ring (bicyclic) bond motifs is 5. The number of benzene rings is 9. The van der Waals surface area contributed by atoms with Crippen LogP contribution in [0.15, 0.2) is 211 Å². The van der Waals surface area contributed by atoms with Crippen LogP contribution in [0, 0.1) is 0 Å². The zero-order chi connectivity index (χ0) is 37.7. The Morgan fingerprint density at radius 2 is 0.965 bits per heavy atom. The van der Waals surface area contributed by atoms with Crippen molar-refractivity contribution >= 4 is 43.3 Å². The highest BCUT2D eigenvalue weighted by Gasteiger charge is 2.18. The number of nitrogens with zero attached hydrogens (tertiary/aromatic N) is 2. The molecule has 0 spiro atoms. The summed E-state index contributed by atoms with van der Waals surface area (Å²) in [5.74, 6) is 1.46. The minimum absolute atomic E-state index is 0.660. The normalized spacial score (nSPS) is 11.5. The molecule has 57 heavy (non-hydrogen) atoms. The van der Waals surface area contributed by atoms with Gasteiger partial charge in [-0.1, -0.05) is 176 Å². The SMILES string of the molecule is c1ccc(-c2cccc(-c3cc(-c4ccccc4-c4cc5ccccc5o4)nc(-c4ccc(-c5c6ccccc6cc6c5ccc5ccccc56)cc4)n3)c2)cc1. The van der Waals surface area contributed by atoms with E-state index in [-0.39, 0.29) is 0 Å². The van der Waals surface area contributed by atoms with Crippen molar-refractivity contribution in [1.29, 1.82) is 0 Å². The predicted octanol–water partition coefficient (Wildman–Crippen LogP) is 14.7. The lowest BCUT2D eigenvalue weighted by Crippen LogP contribution is -1.97. The Morgan fingerprint density at radius 3 is 1.81 bits per heavy atom. The van der Waals surface area contributed by atoms with Gasteiger partial charge < -0.3 is 4.42 Å². The Balaban J connectivity index is 1.08. The third-order valence-corrected chi connectivity index (χ3v) is 11.1. The van der Waals surface area contributed by atoms with E-state index < -0.39 is 0 Å². The van der Waals surface area contributed by atoms with Crippen LogP contribution >= 0.6 is 0 Å². The summed E-state index contributed by atoms with van der Waals surface area (Å²) in [4.78, 5) is 10.6. The lowest BCUT2D eigenvalue weighted by molar-refractivity contribution is 0.632. The monoisotopic (exact) mass is 726 g/mol. The molecule has 0 radical (unpaired) electrons. The Kier molecular flexibility index (Phi) is 7.82. The molecule has 0 saturated carbocycles. The second-order valence-corrected chi connectivity index (χ2v) is 14.5. The molecule has 3 nitrogen and oxygen atoms in total. The predicted molar refractivity (Wildman–Crippen MR) is 237 cm³/mol. The molecule has 0 aliphatic heterocycles. The molecule has 0 aliphatic rings. The van der Waals surface area contributed by atoms with Gasteiger partial charge in [0, 0.05) is 27.6 Å². The molecular formula is C54H34N2O. The van der Waals surface area contributed by atoms with Crippen LogP contribution in [0.1, 0.15) is 0 Å². The van der Waals surface area contributed by atoms with Crippen molar-refractivity contribution in [2.45, 2.75) is 0 Å².